The van der Waals surface area contributed by atoms with Crippen molar-refractivity contribution in [1.82, 2.24) is 19.8 Å². The largest absolute Gasteiger partial charge is 0.507 e. The van der Waals surface area contributed by atoms with Crippen LogP contribution < -0.4 is 5.32 Å². The number of hydrogen-bond acceptors (Lipinski definition) is 6. The van der Waals surface area contributed by atoms with Gasteiger partial charge >= 0.3 is 5.97 Å². The van der Waals surface area contributed by atoms with Crippen LogP contribution in [0.2, 0.25) is 0 Å². The second kappa shape index (κ2) is 9.93. The van der Waals surface area contributed by atoms with Gasteiger partial charge in [0, 0.05) is 66.3 Å². The van der Waals surface area contributed by atoms with Crippen LogP contribution in [-0.4, -0.2) is 51.3 Å². The quantitative estimate of drug-likeness (QED) is 0.501. The van der Waals surface area contributed by atoms with E-state index < -0.39 is 0 Å². The summed E-state index contributed by atoms with van der Waals surface area (Å²) in [6.45, 7) is 9.42. The Hall–Kier alpha value is -2.90. The third-order valence-corrected chi connectivity index (χ3v) is 6.40. The van der Waals surface area contributed by atoms with E-state index in [1.165, 1.54) is 12.8 Å². The van der Waals surface area contributed by atoms with Crippen molar-refractivity contribution >= 4 is 16.9 Å². The van der Waals surface area contributed by atoms with Crippen LogP contribution in [0.15, 0.2) is 30.6 Å². The van der Waals surface area contributed by atoms with E-state index in [4.69, 9.17) is 4.74 Å². The van der Waals surface area contributed by atoms with E-state index in [2.05, 4.69) is 33.6 Å². The molecule has 0 saturated carbocycles. The summed E-state index contributed by atoms with van der Waals surface area (Å²) in [5, 5.41) is 15.6. The number of aromatic nitrogens is 2. The lowest BCUT2D eigenvalue weighted by Crippen LogP contribution is -2.23. The molecule has 2 N–H and O–H groups in total. The van der Waals surface area contributed by atoms with Gasteiger partial charge in [0.05, 0.1) is 17.7 Å². The average Bonchev–Trinajstić information content (AvgIpc) is 3.40. The zero-order valence-corrected chi connectivity index (χ0v) is 20.0. The van der Waals surface area contributed by atoms with E-state index in [0.717, 1.165) is 35.2 Å². The molecule has 7 heteroatoms. The van der Waals surface area contributed by atoms with Gasteiger partial charge in [-0.3, -0.25) is 9.88 Å². The van der Waals surface area contributed by atoms with E-state index >= 15 is 0 Å². The maximum atomic E-state index is 13.3. The number of fused-ring (bicyclic) bond motifs is 1. The molecule has 1 aliphatic heterocycles. The molecule has 176 valence electrons. The Balaban J connectivity index is 1.99. The number of carbonyl (C=O) groups excluding carboxylic acids is 1. The van der Waals surface area contributed by atoms with Crippen molar-refractivity contribution in [3.8, 4) is 16.9 Å². The van der Waals surface area contributed by atoms with E-state index in [0.29, 0.717) is 36.4 Å². The smallest absolute Gasteiger partial charge is 0.340 e. The third kappa shape index (κ3) is 4.61. The van der Waals surface area contributed by atoms with E-state index in [1.54, 1.807) is 12.4 Å². The Bertz CT molecular complexity index is 1130. The zero-order chi connectivity index (χ0) is 23.5. The monoisotopic (exact) mass is 450 g/mol. The number of esters is 1. The number of nitrogens with zero attached hydrogens (tertiary/aromatic N) is 3. The van der Waals surface area contributed by atoms with E-state index in [9.17, 15) is 9.90 Å². The number of likely N-dealkylation sites (tertiary alicyclic amines) is 1. The summed E-state index contributed by atoms with van der Waals surface area (Å²) in [6, 6.07) is 5.99. The number of pyridine rings is 1. The number of hydrogen-bond donors (Lipinski definition) is 2. The number of carbonyl (C=O) groups is 1. The molecule has 0 atom stereocenters. The summed E-state index contributed by atoms with van der Waals surface area (Å²) >= 11 is 0. The third-order valence-electron chi connectivity index (χ3n) is 6.40. The lowest BCUT2D eigenvalue weighted by Gasteiger charge is -2.17. The molecular formula is C26H34N4O3. The van der Waals surface area contributed by atoms with Crippen LogP contribution in [0.25, 0.3) is 22.0 Å². The molecule has 2 aromatic heterocycles. The Morgan fingerprint density at radius 2 is 2.06 bits per heavy atom. The van der Waals surface area contributed by atoms with Gasteiger partial charge in [0.15, 0.2) is 0 Å². The molecule has 0 radical (unpaired) electrons. The highest BCUT2D eigenvalue weighted by Gasteiger charge is 2.29. The van der Waals surface area contributed by atoms with Gasteiger partial charge in [0.1, 0.15) is 5.75 Å². The maximum absolute atomic E-state index is 13.3. The Kier molecular flexibility index (Phi) is 7.00. The van der Waals surface area contributed by atoms with Crippen LogP contribution in [0.4, 0.5) is 0 Å². The lowest BCUT2D eigenvalue weighted by molar-refractivity contribution is 0.0526. The van der Waals surface area contributed by atoms with Crippen molar-refractivity contribution in [3.05, 3.63) is 47.4 Å². The van der Waals surface area contributed by atoms with Crippen molar-refractivity contribution in [2.75, 3.05) is 19.7 Å². The number of aryl methyl sites for hydroxylation is 1. The molecule has 1 aromatic carbocycles. The Morgan fingerprint density at radius 1 is 1.30 bits per heavy atom. The summed E-state index contributed by atoms with van der Waals surface area (Å²) in [5.74, 6) is -0.163. The Morgan fingerprint density at radius 3 is 2.70 bits per heavy atom. The minimum atomic E-state index is -0.336. The standard InChI is InChI=1S/C26H34N4O3/c1-5-33-26(32)24-22(16-30-11-6-7-12-30)29(4)21-13-19(18-9-8-10-27-14-18)25(31)20(23(21)24)15-28-17(2)3/h8-10,13-14,17,28,31H,5-7,11-12,15-16H2,1-4H3. The van der Waals surface area contributed by atoms with Crippen LogP contribution in [0.1, 0.15) is 55.2 Å². The number of rotatable bonds is 8. The van der Waals surface area contributed by atoms with Gasteiger partial charge in [-0.15, -0.1) is 0 Å². The van der Waals surface area contributed by atoms with Crippen molar-refractivity contribution in [2.45, 2.75) is 52.7 Å². The average molecular weight is 451 g/mol. The van der Waals surface area contributed by atoms with Crippen LogP contribution in [-0.2, 0) is 24.9 Å². The maximum Gasteiger partial charge on any atom is 0.340 e. The van der Waals surface area contributed by atoms with E-state index in [1.807, 2.05) is 32.2 Å². The van der Waals surface area contributed by atoms with Gasteiger partial charge in [-0.2, -0.15) is 0 Å². The number of aromatic hydroxyl groups is 1. The fourth-order valence-corrected chi connectivity index (χ4v) is 4.69. The first-order valence-corrected chi connectivity index (χ1v) is 11.8. The highest BCUT2D eigenvalue weighted by molar-refractivity contribution is 6.09. The fraction of sp³-hybridized carbons (Fsp3) is 0.462. The zero-order valence-electron chi connectivity index (χ0n) is 20.0. The van der Waals surface area contributed by atoms with Crippen molar-refractivity contribution in [1.29, 1.82) is 0 Å². The van der Waals surface area contributed by atoms with Crippen LogP contribution in [0, 0.1) is 0 Å². The molecular weight excluding hydrogens is 416 g/mol. The van der Waals surface area contributed by atoms with Crippen LogP contribution in [0.3, 0.4) is 0 Å². The number of phenols is 1. The number of nitrogens with one attached hydrogen (secondary N) is 1. The molecule has 7 nitrogen and oxygen atoms in total. The summed E-state index contributed by atoms with van der Waals surface area (Å²) < 4.78 is 7.60. The summed E-state index contributed by atoms with van der Waals surface area (Å²) in [4.78, 5) is 19.9. The summed E-state index contributed by atoms with van der Waals surface area (Å²) in [6.07, 6.45) is 5.82. The number of ether oxygens (including phenoxy) is 1. The van der Waals surface area contributed by atoms with Crippen LogP contribution in [0.5, 0.6) is 5.75 Å². The molecule has 0 aliphatic carbocycles. The van der Waals surface area contributed by atoms with Crippen molar-refractivity contribution in [3.63, 3.8) is 0 Å². The lowest BCUT2D eigenvalue weighted by atomic mass is 9.96. The SMILES string of the molecule is CCOC(=O)c1c(CN2CCCC2)n(C)c2cc(-c3cccnc3)c(O)c(CNC(C)C)c12. The first kappa shape index (κ1) is 23.3. The fourth-order valence-electron chi connectivity index (χ4n) is 4.69. The van der Waals surface area contributed by atoms with Crippen molar-refractivity contribution in [2.24, 2.45) is 7.05 Å². The molecule has 0 spiro atoms. The molecule has 0 unspecified atom stereocenters. The van der Waals surface area contributed by atoms with Crippen molar-refractivity contribution < 1.29 is 14.6 Å². The molecule has 33 heavy (non-hydrogen) atoms. The van der Waals surface area contributed by atoms with Gasteiger partial charge < -0.3 is 19.7 Å². The topological polar surface area (TPSA) is 79.6 Å². The second-order valence-corrected chi connectivity index (χ2v) is 9.01. The molecule has 4 rings (SSSR count). The number of benzene rings is 1. The molecule has 0 bridgehead atoms. The highest BCUT2D eigenvalue weighted by atomic mass is 16.5. The Labute approximate surface area is 195 Å². The van der Waals surface area contributed by atoms with Gasteiger partial charge in [-0.25, -0.2) is 4.79 Å². The molecule has 1 saturated heterocycles. The molecule has 3 heterocycles. The van der Waals surface area contributed by atoms with Gasteiger partial charge in [0.2, 0.25) is 0 Å². The van der Waals surface area contributed by atoms with E-state index in [-0.39, 0.29) is 17.8 Å². The summed E-state index contributed by atoms with van der Waals surface area (Å²) in [7, 11) is 2.00. The minimum absolute atomic E-state index is 0.174. The first-order valence-electron chi connectivity index (χ1n) is 11.8. The molecule has 1 fully saturated rings. The molecule has 1 aliphatic rings. The van der Waals surface area contributed by atoms with Crippen LogP contribution >= 0.6 is 0 Å². The molecule has 0 amide bonds. The number of phenolic OH excluding ortho intramolecular Hbond substituents is 1. The van der Waals surface area contributed by atoms with Gasteiger partial charge in [-0.1, -0.05) is 19.9 Å². The molecule has 3 aromatic rings. The minimum Gasteiger partial charge on any atom is -0.507 e. The highest BCUT2D eigenvalue weighted by Crippen LogP contribution is 2.41. The first-order chi connectivity index (χ1) is 15.9. The summed E-state index contributed by atoms with van der Waals surface area (Å²) in [5.41, 5.74) is 4.66. The predicted octanol–water partition coefficient (Wildman–Crippen LogP) is 4.22. The van der Waals surface area contributed by atoms with Gasteiger partial charge in [-0.05, 0) is 45.0 Å². The van der Waals surface area contributed by atoms with Gasteiger partial charge in [0.25, 0.3) is 0 Å². The predicted molar refractivity (Wildman–Crippen MR) is 130 cm³/mol. The second-order valence-electron chi connectivity index (χ2n) is 9.01. The normalized spacial score (nSPS) is 14.5.